The van der Waals surface area contributed by atoms with E-state index in [0.717, 1.165) is 17.7 Å². The summed E-state index contributed by atoms with van der Waals surface area (Å²) in [4.78, 5) is 36.6. The van der Waals surface area contributed by atoms with Crippen LogP contribution < -0.4 is 4.90 Å². The van der Waals surface area contributed by atoms with E-state index >= 15 is 0 Å². The Kier molecular flexibility index (Phi) is 4.42. The molecule has 0 heterocycles. The van der Waals surface area contributed by atoms with E-state index in [-0.39, 0.29) is 35.0 Å². The first-order valence-electron chi connectivity index (χ1n) is 9.43. The van der Waals surface area contributed by atoms with E-state index < -0.39 is 4.92 Å². The molecule has 0 aliphatic heterocycles. The third-order valence-electron chi connectivity index (χ3n) is 6.42. The van der Waals surface area contributed by atoms with E-state index in [1.165, 1.54) is 30.2 Å². The van der Waals surface area contributed by atoms with Gasteiger partial charge in [-0.1, -0.05) is 36.8 Å². The number of anilines is 1. The van der Waals surface area contributed by atoms with Crippen LogP contribution in [0.2, 0.25) is 0 Å². The first kappa shape index (κ1) is 17.6. The molecule has 27 heavy (non-hydrogen) atoms. The van der Waals surface area contributed by atoms with Crippen LogP contribution in [0.4, 0.5) is 11.4 Å². The number of allylic oxidation sites excluding steroid dienone is 4. The van der Waals surface area contributed by atoms with Crippen LogP contribution in [-0.2, 0) is 9.59 Å². The van der Waals surface area contributed by atoms with Crippen molar-refractivity contribution in [3.05, 3.63) is 58.2 Å². The lowest BCUT2D eigenvalue weighted by atomic mass is 9.83. The quantitative estimate of drug-likeness (QED) is 0.343. The third kappa shape index (κ3) is 2.80. The molecule has 0 aromatic heterocycles. The Balaban J connectivity index is 1.63. The predicted octanol–water partition coefficient (Wildman–Crippen LogP) is 3.88. The number of nitro groups is 1. The summed E-state index contributed by atoms with van der Waals surface area (Å²) in [6, 6.07) is 5.68. The van der Waals surface area contributed by atoms with Crippen molar-refractivity contribution in [3.8, 4) is 0 Å². The maximum absolute atomic E-state index is 13.3. The number of carbonyl (C=O) groups excluding carboxylic acids is 2. The van der Waals surface area contributed by atoms with Gasteiger partial charge in [0.2, 0.25) is 12.3 Å². The minimum atomic E-state index is -0.525. The zero-order valence-electron chi connectivity index (χ0n) is 15.2. The number of carbonyl (C=O) groups is 2. The first-order valence-corrected chi connectivity index (χ1v) is 9.43. The summed E-state index contributed by atoms with van der Waals surface area (Å²) in [5, 5.41) is 11.0. The number of non-ortho nitro benzene ring substituents is 1. The van der Waals surface area contributed by atoms with Gasteiger partial charge in [-0.15, -0.1) is 0 Å². The fourth-order valence-electron chi connectivity index (χ4n) is 5.23. The zero-order chi connectivity index (χ0) is 19.1. The van der Waals surface area contributed by atoms with Crippen molar-refractivity contribution in [2.24, 2.45) is 29.6 Å². The highest BCUT2D eigenvalue weighted by atomic mass is 16.6. The molecular formula is C21H22N2O4. The Bertz CT molecular complexity index is 859. The van der Waals surface area contributed by atoms with Crippen molar-refractivity contribution in [2.45, 2.75) is 26.2 Å². The molecule has 1 aromatic rings. The van der Waals surface area contributed by atoms with Gasteiger partial charge in [-0.25, -0.2) is 0 Å². The summed E-state index contributed by atoms with van der Waals surface area (Å²) < 4.78 is 0. The van der Waals surface area contributed by atoms with E-state index in [4.69, 9.17) is 0 Å². The molecule has 1 aromatic carbocycles. The molecule has 6 nitrogen and oxygen atoms in total. The lowest BCUT2D eigenvalue weighted by Gasteiger charge is -2.27. The summed E-state index contributed by atoms with van der Waals surface area (Å²) >= 11 is 0. The summed E-state index contributed by atoms with van der Waals surface area (Å²) in [7, 11) is 0. The molecule has 0 N–H and O–H groups in total. The maximum Gasteiger partial charge on any atom is 0.271 e. The van der Waals surface area contributed by atoms with Gasteiger partial charge in [-0.2, -0.15) is 0 Å². The topological polar surface area (TPSA) is 80.5 Å². The molecule has 0 radical (unpaired) electrons. The molecule has 0 spiro atoms. The van der Waals surface area contributed by atoms with E-state index in [1.807, 2.05) is 0 Å². The highest BCUT2D eigenvalue weighted by Crippen LogP contribution is 2.56. The highest BCUT2D eigenvalue weighted by molar-refractivity contribution is 6.08. The van der Waals surface area contributed by atoms with Gasteiger partial charge in [0.15, 0.2) is 0 Å². The smallest absolute Gasteiger partial charge is 0.271 e. The van der Waals surface area contributed by atoms with Crippen molar-refractivity contribution in [1.82, 2.24) is 0 Å². The minimum absolute atomic E-state index is 0.1000. The second-order valence-electron chi connectivity index (χ2n) is 7.71. The van der Waals surface area contributed by atoms with Crippen LogP contribution in [0.5, 0.6) is 0 Å². The fraction of sp³-hybridized carbons (Fsp3) is 0.429. The molecular weight excluding hydrogens is 344 g/mol. The van der Waals surface area contributed by atoms with Crippen LogP contribution in [0.15, 0.2) is 48.1 Å². The van der Waals surface area contributed by atoms with E-state index in [1.54, 1.807) is 6.07 Å². The van der Waals surface area contributed by atoms with Crippen LogP contribution in [0.1, 0.15) is 26.2 Å². The van der Waals surface area contributed by atoms with Crippen molar-refractivity contribution in [3.63, 3.8) is 0 Å². The molecule has 3 aliphatic rings. The molecule has 1 saturated carbocycles. The van der Waals surface area contributed by atoms with Crippen LogP contribution in [0, 0.1) is 39.7 Å². The average Bonchev–Trinajstić information content (AvgIpc) is 3.37. The molecule has 1 fully saturated rings. The number of nitro benzene ring substituents is 1. The Morgan fingerprint density at radius 2 is 2.07 bits per heavy atom. The van der Waals surface area contributed by atoms with E-state index in [0.29, 0.717) is 18.2 Å². The molecule has 2 bridgehead atoms. The molecule has 0 unspecified atom stereocenters. The van der Waals surface area contributed by atoms with Crippen molar-refractivity contribution in [1.29, 1.82) is 0 Å². The SMILES string of the molecule is C[C@H]1[C@@H]2C=C[C@@H]([C@@H]2C2=CCCC2)[C@H]1C(=O)N(C=O)c1cccc([N+](=O)[O-])c1. The number of nitrogens with zero attached hydrogens (tertiary/aromatic N) is 2. The number of hydrogen-bond donors (Lipinski definition) is 0. The third-order valence-corrected chi connectivity index (χ3v) is 6.42. The second kappa shape index (κ2) is 6.76. The minimum Gasteiger partial charge on any atom is -0.278 e. The highest BCUT2D eigenvalue weighted by Gasteiger charge is 2.54. The Labute approximate surface area is 157 Å². The molecule has 3 aliphatic carbocycles. The standard InChI is InChI=1S/C21H22N2O4/c1-13-17-9-10-18(20(17)14-5-2-3-6-14)19(13)21(25)22(12-24)15-7-4-8-16(11-15)23(26)27/h4-5,7-13,17-20H,2-3,6H2,1H3/t13-,17-,18+,19-,20+/m0/s1. The zero-order valence-corrected chi connectivity index (χ0v) is 15.2. The average molecular weight is 366 g/mol. The van der Waals surface area contributed by atoms with Gasteiger partial charge < -0.3 is 0 Å². The van der Waals surface area contributed by atoms with Crippen LogP contribution in [0.3, 0.4) is 0 Å². The van der Waals surface area contributed by atoms with Gasteiger partial charge in [0.05, 0.1) is 10.6 Å². The van der Waals surface area contributed by atoms with Crippen LogP contribution in [0.25, 0.3) is 0 Å². The molecule has 2 amide bonds. The predicted molar refractivity (Wildman–Crippen MR) is 101 cm³/mol. The maximum atomic E-state index is 13.3. The van der Waals surface area contributed by atoms with Gasteiger partial charge >= 0.3 is 0 Å². The molecule has 6 heteroatoms. The lowest BCUT2D eigenvalue weighted by Crippen LogP contribution is -2.39. The number of benzene rings is 1. The van der Waals surface area contributed by atoms with Crippen molar-refractivity contribution < 1.29 is 14.5 Å². The van der Waals surface area contributed by atoms with Gasteiger partial charge in [0, 0.05) is 18.1 Å². The number of rotatable bonds is 5. The number of fused-ring (bicyclic) bond motifs is 2. The monoisotopic (exact) mass is 366 g/mol. The molecule has 140 valence electrons. The number of amides is 2. The summed E-state index contributed by atoms with van der Waals surface area (Å²) in [6.45, 7) is 2.08. The van der Waals surface area contributed by atoms with Crippen LogP contribution in [-0.4, -0.2) is 17.2 Å². The van der Waals surface area contributed by atoms with Gasteiger partial charge in [0.25, 0.3) is 5.69 Å². The van der Waals surface area contributed by atoms with E-state index in [2.05, 4.69) is 25.2 Å². The lowest BCUT2D eigenvalue weighted by molar-refractivity contribution is -0.384. The number of hydrogen-bond acceptors (Lipinski definition) is 4. The van der Waals surface area contributed by atoms with Gasteiger partial charge in [-0.05, 0) is 49.0 Å². The largest absolute Gasteiger partial charge is 0.278 e. The number of imide groups is 1. The van der Waals surface area contributed by atoms with Gasteiger partial charge in [0.1, 0.15) is 0 Å². The second-order valence-corrected chi connectivity index (χ2v) is 7.71. The molecule has 4 rings (SSSR count). The summed E-state index contributed by atoms with van der Waals surface area (Å²) in [6.07, 6.45) is 10.5. The molecule has 5 atom stereocenters. The van der Waals surface area contributed by atoms with E-state index in [9.17, 15) is 19.7 Å². The van der Waals surface area contributed by atoms with Crippen LogP contribution >= 0.6 is 0 Å². The molecule has 0 saturated heterocycles. The Morgan fingerprint density at radius 3 is 2.74 bits per heavy atom. The van der Waals surface area contributed by atoms with Gasteiger partial charge in [-0.3, -0.25) is 24.6 Å². The normalized spacial score (nSPS) is 31.0. The van der Waals surface area contributed by atoms with Crippen molar-refractivity contribution in [2.75, 3.05) is 4.90 Å². The van der Waals surface area contributed by atoms with Crippen molar-refractivity contribution >= 4 is 23.7 Å². The fourth-order valence-corrected chi connectivity index (χ4v) is 5.23. The Morgan fingerprint density at radius 1 is 1.30 bits per heavy atom. The summed E-state index contributed by atoms with van der Waals surface area (Å²) in [5.74, 6) is 0.375. The first-order chi connectivity index (χ1) is 13.0. The summed E-state index contributed by atoms with van der Waals surface area (Å²) in [5.41, 5.74) is 1.56. The Hall–Kier alpha value is -2.76.